The molecule has 0 saturated heterocycles. The van der Waals surface area contributed by atoms with Crippen LogP contribution in [0.3, 0.4) is 0 Å². The molecule has 0 radical (unpaired) electrons. The van der Waals surface area contributed by atoms with Gasteiger partial charge in [-0.3, -0.25) is 0 Å². The van der Waals surface area contributed by atoms with E-state index < -0.39 is 10.0 Å². The molecule has 2 rings (SSSR count). The molecule has 120 valence electrons. The van der Waals surface area contributed by atoms with Gasteiger partial charge >= 0.3 is 0 Å². The summed E-state index contributed by atoms with van der Waals surface area (Å²) in [5.74, 6) is 0.387. The van der Waals surface area contributed by atoms with Gasteiger partial charge in [-0.25, -0.2) is 0 Å². The Morgan fingerprint density at radius 2 is 1.73 bits per heavy atom. The molecule has 1 aromatic carbocycles. The smallest absolute Gasteiger partial charge is 0.286 e. The molecule has 1 heterocycles. The lowest BCUT2D eigenvalue weighted by molar-refractivity contribution is 0.308. The van der Waals surface area contributed by atoms with Gasteiger partial charge in [0.15, 0.2) is 0 Å². The van der Waals surface area contributed by atoms with Crippen LogP contribution in [0.25, 0.3) is 0 Å². The summed E-state index contributed by atoms with van der Waals surface area (Å²) in [6.07, 6.45) is 0.812. The third kappa shape index (κ3) is 3.02. The van der Waals surface area contributed by atoms with Crippen molar-refractivity contribution in [1.82, 2.24) is 9.19 Å². The molecular formula is C16H22N2O3S. The van der Waals surface area contributed by atoms with E-state index in [0.29, 0.717) is 23.7 Å². The fourth-order valence-corrected chi connectivity index (χ4v) is 3.79. The van der Waals surface area contributed by atoms with Crippen LogP contribution in [-0.4, -0.2) is 24.2 Å². The van der Waals surface area contributed by atoms with Crippen LogP contribution in [0, 0.1) is 27.7 Å². The Labute approximate surface area is 132 Å². The Balaban J connectivity index is 2.63. The quantitative estimate of drug-likeness (QED) is 0.848. The largest absolute Gasteiger partial charge is 0.492 e. The Hall–Kier alpha value is -1.82. The summed E-state index contributed by atoms with van der Waals surface area (Å²) < 4.78 is 32.6. The molecule has 0 N–H and O–H groups in total. The van der Waals surface area contributed by atoms with E-state index in [2.05, 4.69) is 5.10 Å². The average Bonchev–Trinajstić information content (AvgIpc) is 2.79. The molecule has 0 spiro atoms. The van der Waals surface area contributed by atoms with Gasteiger partial charge in [0.05, 0.1) is 18.0 Å². The Bertz CT molecular complexity index is 792. The first-order chi connectivity index (χ1) is 10.3. The zero-order valence-electron chi connectivity index (χ0n) is 13.7. The standard InChI is InChI=1S/C16H22N2O3S/c1-6-7-21-15-8-11(2)12(3)9-16(15)22(19,20)18-14(5)10-13(4)17-18/h8-10H,6-7H2,1-5H3. The monoisotopic (exact) mass is 322 g/mol. The zero-order chi connectivity index (χ0) is 16.5. The summed E-state index contributed by atoms with van der Waals surface area (Å²) in [5.41, 5.74) is 3.15. The molecule has 0 aliphatic carbocycles. The summed E-state index contributed by atoms with van der Waals surface area (Å²) in [4.78, 5) is 0.162. The van der Waals surface area contributed by atoms with E-state index >= 15 is 0 Å². The highest BCUT2D eigenvalue weighted by molar-refractivity contribution is 7.90. The number of aromatic nitrogens is 2. The number of rotatable bonds is 5. The maximum Gasteiger partial charge on any atom is 0.286 e. The lowest BCUT2D eigenvalue weighted by Gasteiger charge is -2.15. The van der Waals surface area contributed by atoms with Crippen molar-refractivity contribution in [3.8, 4) is 5.75 Å². The minimum Gasteiger partial charge on any atom is -0.492 e. The summed E-state index contributed by atoms with van der Waals surface area (Å²) >= 11 is 0. The Kier molecular flexibility index (Phi) is 4.60. The van der Waals surface area contributed by atoms with Crippen LogP contribution < -0.4 is 4.74 Å². The molecular weight excluding hydrogens is 300 g/mol. The van der Waals surface area contributed by atoms with Crippen LogP contribution in [0.15, 0.2) is 23.1 Å². The third-order valence-corrected chi connectivity index (χ3v) is 5.20. The number of hydrogen-bond donors (Lipinski definition) is 0. The minimum atomic E-state index is -3.77. The predicted molar refractivity (Wildman–Crippen MR) is 86.0 cm³/mol. The highest BCUT2D eigenvalue weighted by atomic mass is 32.2. The molecule has 0 aliphatic rings. The van der Waals surface area contributed by atoms with Crippen LogP contribution >= 0.6 is 0 Å². The van der Waals surface area contributed by atoms with E-state index in [1.807, 2.05) is 20.8 Å². The topological polar surface area (TPSA) is 61.2 Å². The first-order valence-corrected chi connectivity index (χ1v) is 8.74. The van der Waals surface area contributed by atoms with Crippen LogP contribution in [-0.2, 0) is 10.0 Å². The maximum absolute atomic E-state index is 12.9. The van der Waals surface area contributed by atoms with Crippen LogP contribution in [0.2, 0.25) is 0 Å². The second-order valence-electron chi connectivity index (χ2n) is 5.51. The van der Waals surface area contributed by atoms with Crippen molar-refractivity contribution >= 4 is 10.0 Å². The third-order valence-electron chi connectivity index (χ3n) is 3.50. The summed E-state index contributed by atoms with van der Waals surface area (Å²) in [5, 5.41) is 4.10. The molecule has 1 aromatic heterocycles. The van der Waals surface area contributed by atoms with Crippen LogP contribution in [0.4, 0.5) is 0 Å². The normalized spacial score (nSPS) is 11.7. The second-order valence-corrected chi connectivity index (χ2v) is 7.24. The van der Waals surface area contributed by atoms with Gasteiger partial charge in [-0.05, 0) is 63.4 Å². The van der Waals surface area contributed by atoms with Crippen molar-refractivity contribution in [2.24, 2.45) is 0 Å². The molecule has 2 aromatic rings. The maximum atomic E-state index is 12.9. The van der Waals surface area contributed by atoms with Gasteiger partial charge in [-0.2, -0.15) is 17.6 Å². The molecule has 22 heavy (non-hydrogen) atoms. The molecule has 0 amide bonds. The van der Waals surface area contributed by atoms with Crippen molar-refractivity contribution in [2.75, 3.05) is 6.61 Å². The van der Waals surface area contributed by atoms with Crippen molar-refractivity contribution in [1.29, 1.82) is 0 Å². The molecule has 0 bridgehead atoms. The summed E-state index contributed by atoms with van der Waals surface area (Å²) in [6, 6.07) is 5.18. The highest BCUT2D eigenvalue weighted by Gasteiger charge is 2.25. The Morgan fingerprint density at radius 1 is 1.09 bits per heavy atom. The van der Waals surface area contributed by atoms with E-state index in [4.69, 9.17) is 4.74 Å². The molecule has 0 aliphatic heterocycles. The summed E-state index contributed by atoms with van der Waals surface area (Å²) in [6.45, 7) is 9.78. The van der Waals surface area contributed by atoms with Gasteiger partial charge in [-0.1, -0.05) is 6.92 Å². The molecule has 5 nitrogen and oxygen atoms in total. The second kappa shape index (κ2) is 6.12. The van der Waals surface area contributed by atoms with Gasteiger partial charge in [0, 0.05) is 0 Å². The Morgan fingerprint density at radius 3 is 2.27 bits per heavy atom. The molecule has 0 unspecified atom stereocenters. The van der Waals surface area contributed by atoms with Crippen LogP contribution in [0.5, 0.6) is 5.75 Å². The molecule has 0 fully saturated rings. The molecule has 6 heteroatoms. The molecule has 0 atom stereocenters. The minimum absolute atomic E-state index is 0.162. The number of ether oxygens (including phenoxy) is 1. The fourth-order valence-electron chi connectivity index (χ4n) is 2.23. The highest BCUT2D eigenvalue weighted by Crippen LogP contribution is 2.30. The number of aryl methyl sites for hydroxylation is 4. The number of benzene rings is 1. The van der Waals surface area contributed by atoms with Gasteiger partial charge in [-0.15, -0.1) is 0 Å². The average molecular weight is 322 g/mol. The van der Waals surface area contributed by atoms with Crippen molar-refractivity contribution in [2.45, 2.75) is 45.9 Å². The van der Waals surface area contributed by atoms with Gasteiger partial charge in [0.1, 0.15) is 10.6 Å². The van der Waals surface area contributed by atoms with Crippen LogP contribution in [0.1, 0.15) is 35.9 Å². The van der Waals surface area contributed by atoms with Crippen molar-refractivity contribution in [3.63, 3.8) is 0 Å². The van der Waals surface area contributed by atoms with Crippen molar-refractivity contribution < 1.29 is 13.2 Å². The van der Waals surface area contributed by atoms with Crippen molar-refractivity contribution in [3.05, 3.63) is 40.7 Å². The first kappa shape index (κ1) is 16.5. The summed E-state index contributed by atoms with van der Waals surface area (Å²) in [7, 11) is -3.77. The van der Waals surface area contributed by atoms with E-state index in [1.165, 1.54) is 0 Å². The van der Waals surface area contributed by atoms with E-state index in [9.17, 15) is 8.42 Å². The number of hydrogen-bond acceptors (Lipinski definition) is 4. The zero-order valence-corrected chi connectivity index (χ0v) is 14.5. The van der Waals surface area contributed by atoms with E-state index in [-0.39, 0.29) is 4.90 Å². The van der Waals surface area contributed by atoms with Gasteiger partial charge in [0.25, 0.3) is 10.0 Å². The van der Waals surface area contributed by atoms with E-state index in [0.717, 1.165) is 21.6 Å². The van der Waals surface area contributed by atoms with Gasteiger partial charge < -0.3 is 4.74 Å². The predicted octanol–water partition coefficient (Wildman–Crippen LogP) is 3.14. The SMILES string of the molecule is CCCOc1cc(C)c(C)cc1S(=O)(=O)n1nc(C)cc1C. The lowest BCUT2D eigenvalue weighted by Crippen LogP contribution is -2.18. The number of nitrogens with zero attached hydrogens (tertiary/aromatic N) is 2. The van der Waals surface area contributed by atoms with E-state index in [1.54, 1.807) is 32.0 Å². The molecule has 0 saturated carbocycles. The fraction of sp³-hybridized carbons (Fsp3) is 0.438. The van der Waals surface area contributed by atoms with Gasteiger partial charge in [0.2, 0.25) is 0 Å². The lowest BCUT2D eigenvalue weighted by atomic mass is 10.1. The first-order valence-electron chi connectivity index (χ1n) is 7.30.